The molecule has 0 saturated carbocycles. The number of rotatable bonds is 4. The van der Waals surface area contributed by atoms with Crippen molar-refractivity contribution in [3.63, 3.8) is 0 Å². The lowest BCUT2D eigenvalue weighted by Gasteiger charge is -2.34. The number of aromatic nitrogens is 1. The van der Waals surface area contributed by atoms with Crippen LogP contribution in [-0.4, -0.2) is 54.3 Å². The van der Waals surface area contributed by atoms with Gasteiger partial charge in [0.2, 0.25) is 6.79 Å². The number of hydrogen-bond donors (Lipinski definition) is 0. The Morgan fingerprint density at radius 2 is 1.63 bits per heavy atom. The number of nitrogens with zero attached hydrogens (tertiary/aromatic N) is 3. The fourth-order valence-corrected chi connectivity index (χ4v) is 4.72. The molecule has 8 nitrogen and oxygen atoms in total. The summed E-state index contributed by atoms with van der Waals surface area (Å²) < 4.78 is 22.7. The number of likely N-dealkylation sites (N-methyl/N-ethyl adjacent to an activating group) is 1. The maximum atomic E-state index is 12.3. The lowest BCUT2D eigenvalue weighted by Crippen LogP contribution is -2.45. The molecule has 4 aromatic rings. The third-order valence-corrected chi connectivity index (χ3v) is 6.63. The van der Waals surface area contributed by atoms with Gasteiger partial charge in [-0.25, -0.2) is 4.79 Å². The van der Waals surface area contributed by atoms with Crippen molar-refractivity contribution in [3.8, 4) is 22.8 Å². The Labute approximate surface area is 214 Å². The Bertz CT molecular complexity index is 1430. The highest BCUT2D eigenvalue weighted by molar-refractivity contribution is 5.97. The van der Waals surface area contributed by atoms with E-state index in [0.29, 0.717) is 28.4 Å². The number of furan rings is 1. The van der Waals surface area contributed by atoms with E-state index in [1.165, 1.54) is 6.07 Å². The summed E-state index contributed by atoms with van der Waals surface area (Å²) in [5.41, 5.74) is 3.35. The summed E-state index contributed by atoms with van der Waals surface area (Å²) in [5.74, 6) is 1.80. The average Bonchev–Trinajstić information content (AvgIpc) is 3.47. The Morgan fingerprint density at radius 3 is 2.37 bits per heavy atom. The number of halogens is 2. The second-order valence-corrected chi connectivity index (χ2v) is 8.61. The van der Waals surface area contributed by atoms with Gasteiger partial charge in [0.05, 0.1) is 5.69 Å². The van der Waals surface area contributed by atoms with Gasteiger partial charge in [-0.2, -0.15) is 0 Å². The van der Waals surface area contributed by atoms with Crippen molar-refractivity contribution in [1.82, 2.24) is 14.8 Å². The summed E-state index contributed by atoms with van der Waals surface area (Å²) in [6.07, 6.45) is 1.94. The van der Waals surface area contributed by atoms with Crippen LogP contribution < -0.4 is 15.1 Å². The monoisotopic (exact) mass is 519 g/mol. The first-order chi connectivity index (χ1) is 16.1. The van der Waals surface area contributed by atoms with E-state index in [2.05, 4.69) is 21.7 Å². The third-order valence-electron chi connectivity index (χ3n) is 6.63. The minimum absolute atomic E-state index is 0. The van der Waals surface area contributed by atoms with Crippen molar-refractivity contribution in [3.05, 3.63) is 52.1 Å². The topological polar surface area (TPSA) is 81.2 Å². The van der Waals surface area contributed by atoms with Gasteiger partial charge in [0.25, 0.3) is 0 Å². The smallest absolute Gasteiger partial charge is 0.336 e. The number of aryl methyl sites for hydroxylation is 1. The van der Waals surface area contributed by atoms with Gasteiger partial charge in [-0.05, 0) is 31.2 Å². The minimum Gasteiger partial charge on any atom is -0.454 e. The lowest BCUT2D eigenvalue weighted by molar-refractivity contribution is 0.132. The number of fused-ring (bicyclic) bond motifs is 3. The van der Waals surface area contributed by atoms with Crippen molar-refractivity contribution < 1.29 is 18.3 Å². The Hall–Kier alpha value is -2.78. The molecule has 1 saturated heterocycles. The van der Waals surface area contributed by atoms with Crippen molar-refractivity contribution >= 4 is 46.8 Å². The van der Waals surface area contributed by atoms with E-state index >= 15 is 0 Å². The first kappa shape index (κ1) is 25.3. The van der Waals surface area contributed by atoms with Gasteiger partial charge < -0.3 is 23.2 Å². The molecular weight excluding hydrogens is 493 g/mol. The second-order valence-electron chi connectivity index (χ2n) is 8.61. The minimum atomic E-state index is -0.444. The number of hydrogen-bond acceptors (Lipinski definition) is 8. The van der Waals surface area contributed by atoms with Gasteiger partial charge >= 0.3 is 5.63 Å². The Balaban J connectivity index is 0.00000144. The van der Waals surface area contributed by atoms with Crippen molar-refractivity contribution in [2.75, 3.05) is 39.5 Å². The molecule has 5 heterocycles. The van der Waals surface area contributed by atoms with Gasteiger partial charge in [-0.15, -0.1) is 24.8 Å². The zero-order chi connectivity index (χ0) is 22.5. The Kier molecular flexibility index (Phi) is 7.28. The van der Waals surface area contributed by atoms with Crippen LogP contribution in [0.25, 0.3) is 33.3 Å². The number of piperazine rings is 1. The van der Waals surface area contributed by atoms with E-state index in [-0.39, 0.29) is 31.6 Å². The van der Waals surface area contributed by atoms with E-state index in [0.717, 1.165) is 66.9 Å². The summed E-state index contributed by atoms with van der Waals surface area (Å²) in [5, 5.41) is 1.76. The zero-order valence-corrected chi connectivity index (χ0v) is 21.2. The normalized spacial score (nSPS) is 15.8. The molecule has 1 aromatic carbocycles. The highest BCUT2D eigenvalue weighted by Gasteiger charge is 2.22. The van der Waals surface area contributed by atoms with Crippen LogP contribution in [0.15, 0.2) is 44.1 Å². The number of pyridine rings is 1. The SMILES string of the molecule is CCN1CCN(Cc2cnc(C)c3oc(-c4cc(=O)oc5cc6c(cc45)OCO6)cc23)CC1.Cl.Cl. The van der Waals surface area contributed by atoms with Crippen LogP contribution in [-0.2, 0) is 6.54 Å². The van der Waals surface area contributed by atoms with Crippen LogP contribution in [0.3, 0.4) is 0 Å². The number of ether oxygens (including phenoxy) is 2. The molecule has 0 radical (unpaired) electrons. The number of benzene rings is 1. The molecular formula is C25H27Cl2N3O5. The molecule has 186 valence electrons. The maximum absolute atomic E-state index is 12.3. The Morgan fingerprint density at radius 1 is 0.914 bits per heavy atom. The van der Waals surface area contributed by atoms with Crippen LogP contribution in [0.5, 0.6) is 11.5 Å². The lowest BCUT2D eigenvalue weighted by atomic mass is 10.1. The molecule has 0 unspecified atom stereocenters. The van der Waals surface area contributed by atoms with Crippen molar-refractivity contribution in [1.29, 1.82) is 0 Å². The fraction of sp³-hybridized carbons (Fsp3) is 0.360. The predicted molar refractivity (Wildman–Crippen MR) is 138 cm³/mol. The van der Waals surface area contributed by atoms with Gasteiger partial charge in [0.15, 0.2) is 17.1 Å². The summed E-state index contributed by atoms with van der Waals surface area (Å²) in [6.45, 7) is 10.4. The van der Waals surface area contributed by atoms with Gasteiger partial charge in [0.1, 0.15) is 11.3 Å². The van der Waals surface area contributed by atoms with E-state index in [4.69, 9.17) is 18.3 Å². The van der Waals surface area contributed by atoms with Crippen LogP contribution in [0.1, 0.15) is 18.2 Å². The first-order valence-electron chi connectivity index (χ1n) is 11.3. The van der Waals surface area contributed by atoms with Crippen LogP contribution in [0.4, 0.5) is 0 Å². The van der Waals surface area contributed by atoms with E-state index < -0.39 is 5.63 Å². The highest BCUT2D eigenvalue weighted by atomic mass is 35.5. The molecule has 0 bridgehead atoms. The van der Waals surface area contributed by atoms with E-state index in [1.54, 1.807) is 6.07 Å². The summed E-state index contributed by atoms with van der Waals surface area (Å²) >= 11 is 0. The highest BCUT2D eigenvalue weighted by Crippen LogP contribution is 2.40. The molecule has 0 N–H and O–H groups in total. The molecule has 6 rings (SSSR count). The largest absolute Gasteiger partial charge is 0.454 e. The molecule has 0 spiro atoms. The van der Waals surface area contributed by atoms with Gasteiger partial charge in [0, 0.05) is 67.4 Å². The van der Waals surface area contributed by atoms with Crippen LogP contribution >= 0.6 is 24.8 Å². The van der Waals surface area contributed by atoms with Gasteiger partial charge in [-0.3, -0.25) is 9.88 Å². The maximum Gasteiger partial charge on any atom is 0.336 e. The van der Waals surface area contributed by atoms with Crippen molar-refractivity contribution in [2.24, 2.45) is 0 Å². The summed E-state index contributed by atoms with van der Waals surface area (Å²) in [7, 11) is 0. The van der Waals surface area contributed by atoms with Crippen LogP contribution in [0.2, 0.25) is 0 Å². The molecule has 2 aliphatic heterocycles. The third kappa shape index (κ3) is 4.59. The quantitative estimate of drug-likeness (QED) is 0.361. The molecule has 2 aliphatic rings. The van der Waals surface area contributed by atoms with E-state index in [9.17, 15) is 4.79 Å². The second kappa shape index (κ2) is 10.1. The average molecular weight is 520 g/mol. The molecule has 0 atom stereocenters. The van der Waals surface area contributed by atoms with Crippen molar-refractivity contribution in [2.45, 2.75) is 20.4 Å². The molecule has 1 fully saturated rings. The van der Waals surface area contributed by atoms with Gasteiger partial charge in [-0.1, -0.05) is 6.92 Å². The predicted octanol–water partition coefficient (Wildman–Crippen LogP) is 4.62. The molecule has 10 heteroatoms. The zero-order valence-electron chi connectivity index (χ0n) is 19.5. The molecule has 0 amide bonds. The molecule has 35 heavy (non-hydrogen) atoms. The van der Waals surface area contributed by atoms with E-state index in [1.807, 2.05) is 25.3 Å². The van der Waals surface area contributed by atoms with Crippen LogP contribution in [0, 0.1) is 6.92 Å². The summed E-state index contributed by atoms with van der Waals surface area (Å²) in [4.78, 5) is 21.8. The molecule has 3 aromatic heterocycles. The first-order valence-corrected chi connectivity index (χ1v) is 11.3. The molecule has 0 aliphatic carbocycles. The standard InChI is InChI=1S/C25H25N3O5.2ClH/c1-3-27-4-6-28(7-5-27)13-16-12-26-15(2)25-17(16)8-20(33-25)19-10-24(29)32-21-11-23-22(9-18(19)21)30-14-31-23;;/h8-12H,3-7,13-14H2,1-2H3;2*1H. The fourth-order valence-electron chi connectivity index (χ4n) is 4.72. The summed E-state index contributed by atoms with van der Waals surface area (Å²) in [6, 6.07) is 7.01.